The van der Waals surface area contributed by atoms with Gasteiger partial charge >= 0.3 is 0 Å². The molecule has 4 heterocycles. The largest absolute Gasteiger partial charge is 0.378 e. The SMILES string of the molecule is Cc1cccn2c(CNc3cc(N4CCOCC4)nc(N)n3)cnc12. The highest BCUT2D eigenvalue weighted by molar-refractivity contribution is 5.53. The fraction of sp³-hybridized carbons (Fsp3) is 0.353. The minimum Gasteiger partial charge on any atom is -0.378 e. The second-order valence-electron chi connectivity index (χ2n) is 6.06. The molecule has 3 aromatic heterocycles. The van der Waals surface area contributed by atoms with Crippen LogP contribution in [0.4, 0.5) is 17.6 Å². The van der Waals surface area contributed by atoms with Crippen LogP contribution in [0.15, 0.2) is 30.6 Å². The number of fused-ring (bicyclic) bond motifs is 1. The highest BCUT2D eigenvalue weighted by atomic mass is 16.5. The van der Waals surface area contributed by atoms with Crippen molar-refractivity contribution in [1.82, 2.24) is 19.4 Å². The van der Waals surface area contributed by atoms with E-state index < -0.39 is 0 Å². The summed E-state index contributed by atoms with van der Waals surface area (Å²) in [4.78, 5) is 15.3. The standard InChI is InChI=1S/C17H21N7O/c1-12-3-2-4-24-13(11-20-16(12)24)10-19-14-9-15(22-17(18)21-14)23-5-7-25-8-6-23/h2-4,9,11H,5-8,10H2,1H3,(H3,18,19,21,22). The number of nitrogens with zero attached hydrogens (tertiary/aromatic N) is 5. The predicted molar refractivity (Wildman–Crippen MR) is 96.7 cm³/mol. The summed E-state index contributed by atoms with van der Waals surface area (Å²) in [5, 5.41) is 3.33. The number of nitrogens with two attached hydrogens (primary N) is 1. The van der Waals surface area contributed by atoms with Gasteiger partial charge in [0, 0.05) is 25.4 Å². The normalized spacial score (nSPS) is 14.8. The van der Waals surface area contributed by atoms with Gasteiger partial charge in [-0.15, -0.1) is 0 Å². The van der Waals surface area contributed by atoms with Crippen molar-refractivity contribution in [2.24, 2.45) is 0 Å². The van der Waals surface area contributed by atoms with Crippen LogP contribution in [0.5, 0.6) is 0 Å². The first-order valence-corrected chi connectivity index (χ1v) is 8.33. The lowest BCUT2D eigenvalue weighted by molar-refractivity contribution is 0.122. The first kappa shape index (κ1) is 15.6. The number of hydrogen-bond acceptors (Lipinski definition) is 7. The molecule has 0 atom stereocenters. The highest BCUT2D eigenvalue weighted by Gasteiger charge is 2.14. The topological polar surface area (TPSA) is 93.6 Å². The Morgan fingerprint density at radius 3 is 2.96 bits per heavy atom. The maximum atomic E-state index is 5.89. The minimum atomic E-state index is 0.264. The highest BCUT2D eigenvalue weighted by Crippen LogP contribution is 2.19. The molecule has 8 heteroatoms. The predicted octanol–water partition coefficient (Wildman–Crippen LogP) is 1.46. The summed E-state index contributed by atoms with van der Waals surface area (Å²) in [6.45, 7) is 5.68. The van der Waals surface area contributed by atoms with E-state index in [9.17, 15) is 0 Å². The summed E-state index contributed by atoms with van der Waals surface area (Å²) in [6, 6.07) is 6.00. The number of aryl methyl sites for hydroxylation is 1. The van der Waals surface area contributed by atoms with Gasteiger partial charge in [0.1, 0.15) is 17.3 Å². The van der Waals surface area contributed by atoms with E-state index in [1.807, 2.05) is 24.5 Å². The fourth-order valence-corrected chi connectivity index (χ4v) is 3.01. The molecule has 0 bridgehead atoms. The molecule has 3 aromatic rings. The van der Waals surface area contributed by atoms with Gasteiger partial charge in [0.2, 0.25) is 5.95 Å². The molecule has 1 saturated heterocycles. The molecule has 8 nitrogen and oxygen atoms in total. The number of imidazole rings is 1. The summed E-state index contributed by atoms with van der Waals surface area (Å²) >= 11 is 0. The molecule has 0 spiro atoms. The number of ether oxygens (including phenoxy) is 1. The maximum absolute atomic E-state index is 5.89. The zero-order chi connectivity index (χ0) is 17.2. The van der Waals surface area contributed by atoms with Gasteiger partial charge in [-0.3, -0.25) is 0 Å². The van der Waals surface area contributed by atoms with E-state index in [4.69, 9.17) is 10.5 Å². The van der Waals surface area contributed by atoms with Gasteiger partial charge < -0.3 is 25.1 Å². The Balaban J connectivity index is 1.54. The summed E-state index contributed by atoms with van der Waals surface area (Å²) in [6.07, 6.45) is 3.89. The Hall–Kier alpha value is -2.87. The van der Waals surface area contributed by atoms with E-state index in [2.05, 4.69) is 42.6 Å². The number of rotatable bonds is 4. The number of anilines is 3. The number of pyridine rings is 1. The average Bonchev–Trinajstić information content (AvgIpc) is 3.05. The van der Waals surface area contributed by atoms with Crippen LogP contribution in [0.3, 0.4) is 0 Å². The second-order valence-corrected chi connectivity index (χ2v) is 6.06. The number of nitrogens with one attached hydrogen (secondary N) is 1. The molecule has 0 amide bonds. The third kappa shape index (κ3) is 3.20. The average molecular weight is 339 g/mol. The van der Waals surface area contributed by atoms with Gasteiger partial charge in [0.05, 0.1) is 31.6 Å². The Bertz CT molecular complexity index is 886. The Kier molecular flexibility index (Phi) is 4.10. The van der Waals surface area contributed by atoms with Crippen molar-refractivity contribution in [2.45, 2.75) is 13.5 Å². The van der Waals surface area contributed by atoms with Gasteiger partial charge in [-0.25, -0.2) is 4.98 Å². The monoisotopic (exact) mass is 339 g/mol. The molecule has 0 unspecified atom stereocenters. The summed E-state index contributed by atoms with van der Waals surface area (Å²) in [5.41, 5.74) is 9.06. The van der Waals surface area contributed by atoms with E-state index in [1.54, 1.807) is 0 Å². The molecular formula is C17H21N7O. The van der Waals surface area contributed by atoms with Gasteiger partial charge in [-0.1, -0.05) is 6.07 Å². The number of nitrogen functional groups attached to an aromatic ring is 1. The van der Waals surface area contributed by atoms with Crippen LogP contribution in [0.2, 0.25) is 0 Å². The number of aromatic nitrogens is 4. The molecule has 1 fully saturated rings. The van der Waals surface area contributed by atoms with Gasteiger partial charge in [-0.2, -0.15) is 9.97 Å². The number of hydrogen-bond donors (Lipinski definition) is 2. The summed E-state index contributed by atoms with van der Waals surface area (Å²) in [5.74, 6) is 1.80. The van der Waals surface area contributed by atoms with Crippen LogP contribution in [-0.4, -0.2) is 45.7 Å². The quantitative estimate of drug-likeness (QED) is 0.743. The Morgan fingerprint density at radius 2 is 2.12 bits per heavy atom. The summed E-state index contributed by atoms with van der Waals surface area (Å²) in [7, 11) is 0. The smallest absolute Gasteiger partial charge is 0.223 e. The van der Waals surface area contributed by atoms with Crippen LogP contribution in [-0.2, 0) is 11.3 Å². The van der Waals surface area contributed by atoms with Gasteiger partial charge in [0.15, 0.2) is 0 Å². The van der Waals surface area contributed by atoms with Crippen LogP contribution < -0.4 is 16.0 Å². The lowest BCUT2D eigenvalue weighted by atomic mass is 10.3. The first-order valence-electron chi connectivity index (χ1n) is 8.33. The molecule has 130 valence electrons. The lowest BCUT2D eigenvalue weighted by Crippen LogP contribution is -2.37. The van der Waals surface area contributed by atoms with Crippen molar-refractivity contribution in [1.29, 1.82) is 0 Å². The van der Waals surface area contributed by atoms with E-state index in [0.29, 0.717) is 25.6 Å². The van der Waals surface area contributed by atoms with Crippen molar-refractivity contribution in [2.75, 3.05) is 42.3 Å². The zero-order valence-corrected chi connectivity index (χ0v) is 14.1. The van der Waals surface area contributed by atoms with Crippen molar-refractivity contribution in [3.8, 4) is 0 Å². The fourth-order valence-electron chi connectivity index (χ4n) is 3.01. The Labute approximate surface area is 145 Å². The maximum Gasteiger partial charge on any atom is 0.223 e. The molecule has 3 N–H and O–H groups in total. The van der Waals surface area contributed by atoms with E-state index in [1.165, 1.54) is 0 Å². The van der Waals surface area contributed by atoms with Crippen molar-refractivity contribution in [3.05, 3.63) is 41.9 Å². The van der Waals surface area contributed by atoms with Crippen LogP contribution in [0.1, 0.15) is 11.3 Å². The van der Waals surface area contributed by atoms with E-state index in [0.717, 1.165) is 35.8 Å². The van der Waals surface area contributed by atoms with E-state index in [-0.39, 0.29) is 5.95 Å². The van der Waals surface area contributed by atoms with Crippen molar-refractivity contribution >= 4 is 23.2 Å². The lowest BCUT2D eigenvalue weighted by Gasteiger charge is -2.28. The molecule has 0 aromatic carbocycles. The molecule has 4 rings (SSSR count). The van der Waals surface area contributed by atoms with Gasteiger partial charge in [-0.05, 0) is 18.6 Å². The Morgan fingerprint density at radius 1 is 1.28 bits per heavy atom. The van der Waals surface area contributed by atoms with Crippen LogP contribution in [0.25, 0.3) is 5.65 Å². The molecule has 1 aliphatic rings. The number of morpholine rings is 1. The molecule has 0 radical (unpaired) electrons. The molecular weight excluding hydrogens is 318 g/mol. The van der Waals surface area contributed by atoms with Crippen molar-refractivity contribution in [3.63, 3.8) is 0 Å². The van der Waals surface area contributed by atoms with Gasteiger partial charge in [0.25, 0.3) is 0 Å². The third-order valence-electron chi connectivity index (χ3n) is 4.32. The third-order valence-corrected chi connectivity index (χ3v) is 4.32. The molecule has 1 aliphatic heterocycles. The zero-order valence-electron chi connectivity index (χ0n) is 14.1. The summed E-state index contributed by atoms with van der Waals surface area (Å²) < 4.78 is 7.47. The molecule has 0 aliphatic carbocycles. The first-order chi connectivity index (χ1) is 12.2. The second kappa shape index (κ2) is 6.56. The van der Waals surface area contributed by atoms with Crippen molar-refractivity contribution < 1.29 is 4.74 Å². The van der Waals surface area contributed by atoms with E-state index >= 15 is 0 Å². The molecule has 25 heavy (non-hydrogen) atoms. The van der Waals surface area contributed by atoms with Crippen LogP contribution in [0, 0.1) is 6.92 Å². The molecule has 0 saturated carbocycles. The van der Waals surface area contributed by atoms with Crippen LogP contribution >= 0.6 is 0 Å². The minimum absolute atomic E-state index is 0.264.